The fourth-order valence-corrected chi connectivity index (χ4v) is 1.76. The van der Waals surface area contributed by atoms with Gasteiger partial charge in [0.25, 0.3) is 5.78 Å². The van der Waals surface area contributed by atoms with Gasteiger partial charge >= 0.3 is 0 Å². The van der Waals surface area contributed by atoms with Crippen LogP contribution in [0.4, 0.5) is 0 Å². The third-order valence-corrected chi connectivity index (χ3v) is 2.92. The molecule has 0 unspecified atom stereocenters. The van der Waals surface area contributed by atoms with Gasteiger partial charge in [-0.3, -0.25) is 0 Å². The standard InChI is InChI=1S/C12H17N5/c1-8(2)13-5-9-6-14-12-15-11(10-3-4-10)16-17(12)7-9/h6-8,10,13H,3-5H2,1-2H3. The zero-order chi connectivity index (χ0) is 11.8. The van der Waals surface area contributed by atoms with Crippen LogP contribution >= 0.6 is 0 Å². The molecule has 2 heterocycles. The number of hydrogen-bond acceptors (Lipinski definition) is 4. The van der Waals surface area contributed by atoms with Gasteiger partial charge in [-0.1, -0.05) is 13.8 Å². The van der Waals surface area contributed by atoms with Gasteiger partial charge in [-0.25, -0.2) is 9.50 Å². The van der Waals surface area contributed by atoms with E-state index < -0.39 is 0 Å². The van der Waals surface area contributed by atoms with Crippen molar-refractivity contribution in [3.05, 3.63) is 23.8 Å². The summed E-state index contributed by atoms with van der Waals surface area (Å²) in [5.74, 6) is 2.24. The fraction of sp³-hybridized carbons (Fsp3) is 0.583. The Morgan fingerprint density at radius 1 is 1.47 bits per heavy atom. The molecule has 0 bridgehead atoms. The number of aromatic nitrogens is 4. The number of fused-ring (bicyclic) bond motifs is 1. The molecule has 3 rings (SSSR count). The van der Waals surface area contributed by atoms with Crippen LogP contribution in [0.25, 0.3) is 5.78 Å². The van der Waals surface area contributed by atoms with Crippen molar-refractivity contribution in [2.45, 2.75) is 45.2 Å². The molecule has 0 aromatic carbocycles. The van der Waals surface area contributed by atoms with Crippen molar-refractivity contribution in [1.29, 1.82) is 0 Å². The molecule has 0 saturated heterocycles. The van der Waals surface area contributed by atoms with Crippen molar-refractivity contribution in [2.24, 2.45) is 0 Å². The summed E-state index contributed by atoms with van der Waals surface area (Å²) < 4.78 is 1.80. The van der Waals surface area contributed by atoms with Gasteiger partial charge in [0.15, 0.2) is 5.82 Å². The van der Waals surface area contributed by atoms with Gasteiger partial charge in [0.1, 0.15) is 0 Å². The zero-order valence-corrected chi connectivity index (χ0v) is 10.2. The number of rotatable bonds is 4. The SMILES string of the molecule is CC(C)NCc1cnc2nc(C3CC3)nn2c1. The van der Waals surface area contributed by atoms with Crippen LogP contribution in [-0.4, -0.2) is 25.6 Å². The molecule has 0 spiro atoms. The second-order valence-electron chi connectivity index (χ2n) is 4.99. The monoisotopic (exact) mass is 231 g/mol. The highest BCUT2D eigenvalue weighted by atomic mass is 15.3. The minimum absolute atomic E-state index is 0.475. The predicted molar refractivity (Wildman–Crippen MR) is 64.7 cm³/mol. The first-order valence-corrected chi connectivity index (χ1v) is 6.17. The van der Waals surface area contributed by atoms with Crippen molar-refractivity contribution in [3.8, 4) is 0 Å². The molecule has 5 heteroatoms. The first kappa shape index (κ1) is 10.7. The van der Waals surface area contributed by atoms with E-state index >= 15 is 0 Å². The number of hydrogen-bond donors (Lipinski definition) is 1. The van der Waals surface area contributed by atoms with Crippen molar-refractivity contribution >= 4 is 5.78 Å². The largest absolute Gasteiger partial charge is 0.310 e. The number of nitrogens with one attached hydrogen (secondary N) is 1. The van der Waals surface area contributed by atoms with Gasteiger partial charge in [0.05, 0.1) is 0 Å². The molecule has 1 aliphatic carbocycles. The lowest BCUT2D eigenvalue weighted by molar-refractivity contribution is 0.585. The lowest BCUT2D eigenvalue weighted by Gasteiger charge is -2.07. The Balaban J connectivity index is 1.84. The highest BCUT2D eigenvalue weighted by molar-refractivity contribution is 5.29. The Morgan fingerprint density at radius 2 is 2.29 bits per heavy atom. The van der Waals surface area contributed by atoms with Gasteiger partial charge in [-0.05, 0) is 12.8 Å². The third-order valence-electron chi connectivity index (χ3n) is 2.92. The van der Waals surface area contributed by atoms with Crippen LogP contribution in [0.3, 0.4) is 0 Å². The highest BCUT2D eigenvalue weighted by Crippen LogP contribution is 2.37. The van der Waals surface area contributed by atoms with Crippen LogP contribution in [0.2, 0.25) is 0 Å². The van der Waals surface area contributed by atoms with E-state index in [0.29, 0.717) is 17.7 Å². The van der Waals surface area contributed by atoms with E-state index in [1.165, 1.54) is 12.8 Å². The topological polar surface area (TPSA) is 55.1 Å². The normalized spacial score (nSPS) is 15.9. The maximum absolute atomic E-state index is 4.48. The zero-order valence-electron chi connectivity index (χ0n) is 10.2. The van der Waals surface area contributed by atoms with E-state index in [9.17, 15) is 0 Å². The van der Waals surface area contributed by atoms with E-state index in [-0.39, 0.29) is 0 Å². The molecule has 0 atom stereocenters. The minimum Gasteiger partial charge on any atom is -0.310 e. The Morgan fingerprint density at radius 3 is 3.00 bits per heavy atom. The molecular formula is C12H17N5. The summed E-state index contributed by atoms with van der Waals surface area (Å²) in [4.78, 5) is 8.77. The van der Waals surface area contributed by atoms with Crippen LogP contribution in [0.15, 0.2) is 12.4 Å². The fourth-order valence-electron chi connectivity index (χ4n) is 1.76. The quantitative estimate of drug-likeness (QED) is 0.866. The van der Waals surface area contributed by atoms with Crippen LogP contribution in [0, 0.1) is 0 Å². The maximum Gasteiger partial charge on any atom is 0.252 e. The van der Waals surface area contributed by atoms with Gasteiger partial charge < -0.3 is 5.32 Å². The van der Waals surface area contributed by atoms with Crippen molar-refractivity contribution < 1.29 is 0 Å². The Hall–Kier alpha value is -1.49. The molecule has 2 aromatic heterocycles. The first-order valence-electron chi connectivity index (χ1n) is 6.17. The summed E-state index contributed by atoms with van der Waals surface area (Å²) in [5, 5.41) is 7.84. The molecule has 2 aromatic rings. The van der Waals surface area contributed by atoms with Crippen molar-refractivity contribution in [3.63, 3.8) is 0 Å². The molecule has 0 radical (unpaired) electrons. The summed E-state index contributed by atoms with van der Waals surface area (Å²) >= 11 is 0. The molecule has 17 heavy (non-hydrogen) atoms. The predicted octanol–water partition coefficient (Wildman–Crippen LogP) is 1.50. The summed E-state index contributed by atoms with van der Waals surface area (Å²) in [5.41, 5.74) is 1.14. The van der Waals surface area contributed by atoms with Gasteiger partial charge in [-0.15, -0.1) is 5.10 Å². The summed E-state index contributed by atoms with van der Waals surface area (Å²) in [7, 11) is 0. The molecule has 90 valence electrons. The van der Waals surface area contributed by atoms with Gasteiger partial charge in [0.2, 0.25) is 0 Å². The maximum atomic E-state index is 4.48. The second-order valence-corrected chi connectivity index (χ2v) is 4.99. The van der Waals surface area contributed by atoms with Crippen LogP contribution in [0.1, 0.15) is 44.0 Å². The average molecular weight is 231 g/mol. The molecule has 1 aliphatic rings. The van der Waals surface area contributed by atoms with Crippen LogP contribution < -0.4 is 5.32 Å². The molecule has 0 aliphatic heterocycles. The lowest BCUT2D eigenvalue weighted by Crippen LogP contribution is -2.22. The van der Waals surface area contributed by atoms with Crippen molar-refractivity contribution in [1.82, 2.24) is 24.9 Å². The molecule has 1 fully saturated rings. The van der Waals surface area contributed by atoms with E-state index in [4.69, 9.17) is 0 Å². The average Bonchev–Trinajstić information content (AvgIpc) is 3.06. The molecule has 5 nitrogen and oxygen atoms in total. The Labute approximate surface area is 100 Å². The summed E-state index contributed by atoms with van der Waals surface area (Å²) in [6, 6.07) is 0.475. The first-order chi connectivity index (χ1) is 8.22. The molecule has 1 N–H and O–H groups in total. The van der Waals surface area contributed by atoms with Gasteiger partial charge in [0, 0.05) is 36.5 Å². The summed E-state index contributed by atoms with van der Waals surface area (Å²) in [6.07, 6.45) is 6.32. The smallest absolute Gasteiger partial charge is 0.252 e. The Kier molecular flexibility index (Phi) is 2.55. The van der Waals surface area contributed by atoms with E-state index in [1.54, 1.807) is 4.52 Å². The molecular weight excluding hydrogens is 214 g/mol. The van der Waals surface area contributed by atoms with Crippen molar-refractivity contribution in [2.75, 3.05) is 0 Å². The molecule has 1 saturated carbocycles. The van der Waals surface area contributed by atoms with Gasteiger partial charge in [-0.2, -0.15) is 4.98 Å². The summed E-state index contributed by atoms with van der Waals surface area (Å²) in [6.45, 7) is 5.08. The second kappa shape index (κ2) is 4.07. The van der Waals surface area contributed by atoms with E-state index in [2.05, 4.69) is 34.2 Å². The minimum atomic E-state index is 0.475. The Bertz CT molecular complexity index is 527. The third kappa shape index (κ3) is 2.29. The lowest BCUT2D eigenvalue weighted by atomic mass is 10.3. The van der Waals surface area contributed by atoms with Crippen LogP contribution in [0.5, 0.6) is 0 Å². The number of nitrogens with zero attached hydrogens (tertiary/aromatic N) is 4. The van der Waals surface area contributed by atoms with E-state index in [0.717, 1.165) is 17.9 Å². The highest BCUT2D eigenvalue weighted by Gasteiger charge is 2.28. The van der Waals surface area contributed by atoms with Crippen LogP contribution in [-0.2, 0) is 6.54 Å². The van der Waals surface area contributed by atoms with E-state index in [1.807, 2.05) is 12.4 Å². The molecule has 0 amide bonds.